The van der Waals surface area contributed by atoms with Gasteiger partial charge in [0.2, 0.25) is 0 Å². The van der Waals surface area contributed by atoms with E-state index in [4.69, 9.17) is 11.6 Å². The number of halogens is 2. The Labute approximate surface area is 123 Å². The van der Waals surface area contributed by atoms with Crippen LogP contribution < -0.4 is 5.32 Å². The van der Waals surface area contributed by atoms with Gasteiger partial charge < -0.3 is 5.32 Å². The van der Waals surface area contributed by atoms with Crippen LogP contribution in [0.25, 0.3) is 0 Å². The van der Waals surface area contributed by atoms with E-state index in [-0.39, 0.29) is 11.9 Å². The van der Waals surface area contributed by atoms with Gasteiger partial charge in [0, 0.05) is 12.1 Å². The molecule has 0 aliphatic rings. The summed E-state index contributed by atoms with van der Waals surface area (Å²) < 4.78 is 16.1. The molecule has 1 aromatic carbocycles. The molecule has 0 radical (unpaired) electrons. The van der Waals surface area contributed by atoms with E-state index < -0.39 is 0 Å². The Bertz CT molecular complexity index is 595. The SMILES string of the molecule is CCCn1ncc(Cl)c1C(NC)c1ccc(C)cc1F. The predicted octanol–water partition coefficient (Wildman–Crippen LogP) is 3.70. The first-order valence-electron chi connectivity index (χ1n) is 6.73. The first-order valence-corrected chi connectivity index (χ1v) is 7.10. The molecule has 0 saturated carbocycles. The molecule has 1 atom stereocenters. The second kappa shape index (κ2) is 6.37. The third-order valence-corrected chi connectivity index (χ3v) is 3.59. The largest absolute Gasteiger partial charge is 0.308 e. The normalized spacial score (nSPS) is 12.7. The second-order valence-electron chi connectivity index (χ2n) is 4.85. The summed E-state index contributed by atoms with van der Waals surface area (Å²) in [5.41, 5.74) is 2.28. The Morgan fingerprint density at radius 3 is 2.80 bits per heavy atom. The molecule has 0 aliphatic heterocycles. The van der Waals surface area contributed by atoms with Crippen LogP contribution in [-0.4, -0.2) is 16.8 Å². The van der Waals surface area contributed by atoms with Crippen molar-refractivity contribution in [2.45, 2.75) is 32.9 Å². The molecule has 0 saturated heterocycles. The highest BCUT2D eigenvalue weighted by atomic mass is 35.5. The molecule has 2 rings (SSSR count). The van der Waals surface area contributed by atoms with Crippen molar-refractivity contribution < 1.29 is 4.39 Å². The fourth-order valence-electron chi connectivity index (χ4n) is 2.35. The topological polar surface area (TPSA) is 29.9 Å². The molecule has 5 heteroatoms. The average molecular weight is 296 g/mol. The van der Waals surface area contributed by atoms with Crippen LogP contribution >= 0.6 is 11.6 Å². The van der Waals surface area contributed by atoms with Crippen LogP contribution in [-0.2, 0) is 6.54 Å². The Kier molecular flexibility index (Phi) is 4.78. The van der Waals surface area contributed by atoms with Crippen molar-refractivity contribution in [1.82, 2.24) is 15.1 Å². The lowest BCUT2D eigenvalue weighted by molar-refractivity contribution is 0.516. The lowest BCUT2D eigenvalue weighted by Crippen LogP contribution is -2.23. The minimum absolute atomic E-state index is 0.232. The van der Waals surface area contributed by atoms with Gasteiger partial charge in [-0.2, -0.15) is 5.10 Å². The summed E-state index contributed by atoms with van der Waals surface area (Å²) in [5.74, 6) is -0.232. The number of nitrogens with one attached hydrogen (secondary N) is 1. The summed E-state index contributed by atoms with van der Waals surface area (Å²) >= 11 is 6.24. The maximum absolute atomic E-state index is 14.2. The van der Waals surface area contributed by atoms with E-state index in [2.05, 4.69) is 17.3 Å². The van der Waals surface area contributed by atoms with Crippen molar-refractivity contribution in [2.75, 3.05) is 7.05 Å². The summed E-state index contributed by atoms with van der Waals surface area (Å²) in [6.07, 6.45) is 2.56. The maximum atomic E-state index is 14.2. The fourth-order valence-corrected chi connectivity index (χ4v) is 2.61. The van der Waals surface area contributed by atoms with E-state index in [1.54, 1.807) is 19.3 Å². The average Bonchev–Trinajstić information content (AvgIpc) is 2.75. The van der Waals surface area contributed by atoms with Crippen molar-refractivity contribution in [1.29, 1.82) is 0 Å². The minimum Gasteiger partial charge on any atom is -0.308 e. The molecule has 1 N–H and O–H groups in total. The number of hydrogen-bond donors (Lipinski definition) is 1. The van der Waals surface area contributed by atoms with Crippen molar-refractivity contribution in [3.8, 4) is 0 Å². The number of benzene rings is 1. The molecule has 0 amide bonds. The van der Waals surface area contributed by atoms with Gasteiger partial charge >= 0.3 is 0 Å². The van der Waals surface area contributed by atoms with Crippen molar-refractivity contribution in [3.05, 3.63) is 52.1 Å². The standard InChI is InChI=1S/C15H19ClFN3/c1-4-7-20-15(12(16)9-19-20)14(18-3)11-6-5-10(2)8-13(11)17/h5-6,8-9,14,18H,4,7H2,1-3H3. The van der Waals surface area contributed by atoms with Crippen LogP contribution in [0.15, 0.2) is 24.4 Å². The molecule has 20 heavy (non-hydrogen) atoms. The predicted molar refractivity (Wildman–Crippen MR) is 79.6 cm³/mol. The van der Waals surface area contributed by atoms with E-state index in [1.165, 1.54) is 6.07 Å². The second-order valence-corrected chi connectivity index (χ2v) is 5.25. The first-order chi connectivity index (χ1) is 9.58. The Hall–Kier alpha value is -1.39. The molecular formula is C15H19ClFN3. The van der Waals surface area contributed by atoms with Gasteiger partial charge in [0.15, 0.2) is 0 Å². The minimum atomic E-state index is -0.308. The monoisotopic (exact) mass is 295 g/mol. The Morgan fingerprint density at radius 1 is 1.45 bits per heavy atom. The van der Waals surface area contributed by atoms with Gasteiger partial charge in [-0.25, -0.2) is 4.39 Å². The highest BCUT2D eigenvalue weighted by Crippen LogP contribution is 2.30. The molecule has 1 unspecified atom stereocenters. The third kappa shape index (κ3) is 2.86. The molecule has 1 aromatic heterocycles. The highest BCUT2D eigenvalue weighted by molar-refractivity contribution is 6.31. The summed E-state index contributed by atoms with van der Waals surface area (Å²) in [7, 11) is 1.80. The van der Waals surface area contributed by atoms with E-state index in [1.807, 2.05) is 17.7 Å². The number of nitrogens with zero attached hydrogens (tertiary/aromatic N) is 2. The molecule has 3 nitrogen and oxygen atoms in total. The number of aromatic nitrogens is 2. The highest BCUT2D eigenvalue weighted by Gasteiger charge is 2.23. The van der Waals surface area contributed by atoms with Gasteiger partial charge in [0.1, 0.15) is 5.82 Å². The Morgan fingerprint density at radius 2 is 2.20 bits per heavy atom. The molecule has 108 valence electrons. The number of hydrogen-bond acceptors (Lipinski definition) is 2. The van der Waals surface area contributed by atoms with Gasteiger partial charge in [0.25, 0.3) is 0 Å². The van der Waals surface area contributed by atoms with Crippen LogP contribution in [0.5, 0.6) is 0 Å². The van der Waals surface area contributed by atoms with Crippen molar-refractivity contribution >= 4 is 11.6 Å². The molecule has 0 spiro atoms. The molecule has 0 bridgehead atoms. The third-order valence-electron chi connectivity index (χ3n) is 3.30. The van der Waals surface area contributed by atoms with Crippen molar-refractivity contribution in [3.63, 3.8) is 0 Å². The zero-order chi connectivity index (χ0) is 14.7. The molecule has 0 aliphatic carbocycles. The Balaban J connectivity index is 2.49. The first kappa shape index (κ1) is 15.0. The number of aryl methyl sites for hydroxylation is 2. The lowest BCUT2D eigenvalue weighted by atomic mass is 10.0. The van der Waals surface area contributed by atoms with E-state index in [0.717, 1.165) is 24.2 Å². The van der Waals surface area contributed by atoms with Crippen LogP contribution in [0.1, 0.15) is 36.2 Å². The van der Waals surface area contributed by atoms with Crippen molar-refractivity contribution in [2.24, 2.45) is 0 Å². The molecular weight excluding hydrogens is 277 g/mol. The van der Waals surface area contributed by atoms with Gasteiger partial charge in [0.05, 0.1) is 23.0 Å². The zero-order valence-electron chi connectivity index (χ0n) is 12.0. The van der Waals surface area contributed by atoms with Crippen LogP contribution in [0.3, 0.4) is 0 Å². The van der Waals surface area contributed by atoms with E-state index in [9.17, 15) is 4.39 Å². The zero-order valence-corrected chi connectivity index (χ0v) is 12.7. The molecule has 0 fully saturated rings. The quantitative estimate of drug-likeness (QED) is 0.911. The van der Waals surface area contributed by atoms with Crippen LogP contribution in [0, 0.1) is 12.7 Å². The van der Waals surface area contributed by atoms with Gasteiger partial charge in [-0.1, -0.05) is 30.7 Å². The van der Waals surface area contributed by atoms with E-state index >= 15 is 0 Å². The molecule has 1 heterocycles. The van der Waals surface area contributed by atoms with Gasteiger partial charge in [-0.05, 0) is 32.0 Å². The fraction of sp³-hybridized carbons (Fsp3) is 0.400. The summed E-state index contributed by atoms with van der Waals surface area (Å²) in [5, 5.41) is 7.96. The maximum Gasteiger partial charge on any atom is 0.128 e. The number of rotatable bonds is 5. The summed E-state index contributed by atoms with van der Waals surface area (Å²) in [6.45, 7) is 4.70. The molecule has 2 aromatic rings. The van der Waals surface area contributed by atoms with Crippen LogP contribution in [0.4, 0.5) is 4.39 Å². The van der Waals surface area contributed by atoms with Crippen LogP contribution in [0.2, 0.25) is 5.02 Å². The van der Waals surface area contributed by atoms with Gasteiger partial charge in [-0.15, -0.1) is 0 Å². The lowest BCUT2D eigenvalue weighted by Gasteiger charge is -2.20. The summed E-state index contributed by atoms with van der Waals surface area (Å²) in [4.78, 5) is 0. The van der Waals surface area contributed by atoms with Gasteiger partial charge in [-0.3, -0.25) is 4.68 Å². The summed E-state index contributed by atoms with van der Waals surface area (Å²) in [6, 6.07) is 4.92. The smallest absolute Gasteiger partial charge is 0.128 e. The van der Waals surface area contributed by atoms with E-state index in [0.29, 0.717) is 10.6 Å².